The number of unbranched alkanes of at least 4 members (excludes halogenated alkanes) is 2. The van der Waals surface area contributed by atoms with Crippen LogP contribution in [0.3, 0.4) is 0 Å². The second-order valence-electron chi connectivity index (χ2n) is 19.3. The zero-order valence-electron chi connectivity index (χ0n) is 43.2. The highest BCUT2D eigenvalue weighted by Gasteiger charge is 2.23. The number of aryl methyl sites for hydroxylation is 2. The molecule has 0 bridgehead atoms. The molecule has 1 aromatic rings. The van der Waals surface area contributed by atoms with Crippen molar-refractivity contribution in [2.24, 2.45) is 23.7 Å². The van der Waals surface area contributed by atoms with Crippen LogP contribution in [-0.2, 0) is 40.0 Å². The van der Waals surface area contributed by atoms with E-state index in [9.17, 15) is 48.9 Å². The van der Waals surface area contributed by atoms with Gasteiger partial charge in [0.25, 0.3) is 0 Å². The molecule has 1 aromatic carbocycles. The van der Waals surface area contributed by atoms with E-state index in [0.29, 0.717) is 96.8 Å². The molecule has 1 aliphatic heterocycles. The zero-order chi connectivity index (χ0) is 51.6. The molecule has 1 aliphatic rings. The Hall–Kier alpha value is -4.65. The quantitative estimate of drug-likeness (QED) is 0.0541. The Kier molecular flexibility index (Phi) is 33.6. The molecular formula is C51H90N8O10. The van der Waals surface area contributed by atoms with Crippen LogP contribution in [0.25, 0.3) is 0 Å². The Labute approximate surface area is 413 Å². The predicted molar refractivity (Wildman–Crippen MR) is 270 cm³/mol. The number of carboxylic acids is 3. The molecule has 4 amide bonds. The summed E-state index contributed by atoms with van der Waals surface area (Å²) < 4.78 is 0. The fraction of sp³-hybridized carbons (Fsp3) is 0.745. The van der Waals surface area contributed by atoms with Crippen LogP contribution in [0.1, 0.15) is 117 Å². The van der Waals surface area contributed by atoms with E-state index < -0.39 is 17.9 Å². The molecule has 0 unspecified atom stereocenters. The maximum Gasteiger partial charge on any atom is 0.317 e. The van der Waals surface area contributed by atoms with Gasteiger partial charge >= 0.3 is 17.9 Å². The van der Waals surface area contributed by atoms with Crippen molar-refractivity contribution in [1.82, 2.24) is 40.9 Å². The molecule has 1 fully saturated rings. The fourth-order valence-electron chi connectivity index (χ4n) is 8.31. The molecule has 0 spiro atoms. The molecule has 2 rings (SSSR count). The minimum Gasteiger partial charge on any atom is -0.480 e. The number of hydrogen-bond acceptors (Lipinski definition) is 11. The molecule has 0 saturated carbocycles. The van der Waals surface area contributed by atoms with Crippen LogP contribution < -0.4 is 21.3 Å². The van der Waals surface area contributed by atoms with Gasteiger partial charge in [0.1, 0.15) is 0 Å². The van der Waals surface area contributed by atoms with Gasteiger partial charge in [-0.05, 0) is 89.5 Å². The van der Waals surface area contributed by atoms with Crippen molar-refractivity contribution in [1.29, 1.82) is 0 Å². The molecule has 0 radical (unpaired) electrons. The number of nitrogens with zero attached hydrogens (tertiary/aromatic N) is 4. The first-order chi connectivity index (χ1) is 32.8. The zero-order valence-corrected chi connectivity index (χ0v) is 43.2. The molecule has 2 atom stereocenters. The first-order valence-corrected chi connectivity index (χ1v) is 25.5. The first-order valence-electron chi connectivity index (χ1n) is 25.5. The average molecular weight is 975 g/mol. The van der Waals surface area contributed by atoms with Crippen LogP contribution in [0.4, 0.5) is 0 Å². The Morgan fingerprint density at radius 3 is 1.22 bits per heavy atom. The Morgan fingerprint density at radius 2 is 0.870 bits per heavy atom. The van der Waals surface area contributed by atoms with E-state index in [0.717, 1.165) is 64.2 Å². The van der Waals surface area contributed by atoms with Gasteiger partial charge < -0.3 is 36.6 Å². The minimum atomic E-state index is -1.01. The number of carboxylic acid groups (broad SMARTS) is 3. The normalized spacial score (nSPS) is 15.4. The van der Waals surface area contributed by atoms with Gasteiger partial charge in [-0.15, -0.1) is 0 Å². The first kappa shape index (κ1) is 62.4. The number of carbonyl (C=O) groups is 7. The minimum absolute atomic E-state index is 0.0401. The highest BCUT2D eigenvalue weighted by atomic mass is 16.4. The molecule has 394 valence electrons. The lowest BCUT2D eigenvalue weighted by molar-refractivity contribution is -0.140. The van der Waals surface area contributed by atoms with E-state index in [1.807, 2.05) is 18.7 Å². The third kappa shape index (κ3) is 32.7. The van der Waals surface area contributed by atoms with Crippen molar-refractivity contribution in [3.8, 4) is 0 Å². The van der Waals surface area contributed by atoms with Crippen molar-refractivity contribution in [2.45, 2.75) is 119 Å². The van der Waals surface area contributed by atoms with Crippen LogP contribution in [0.5, 0.6) is 0 Å². The third-order valence-electron chi connectivity index (χ3n) is 11.9. The molecular weight excluding hydrogens is 885 g/mol. The summed E-state index contributed by atoms with van der Waals surface area (Å²) in [5.41, 5.74) is 2.55. The second-order valence-corrected chi connectivity index (χ2v) is 19.3. The van der Waals surface area contributed by atoms with E-state index >= 15 is 0 Å². The van der Waals surface area contributed by atoms with E-state index in [2.05, 4.69) is 80.2 Å². The molecule has 1 heterocycles. The maximum atomic E-state index is 12.8. The van der Waals surface area contributed by atoms with Gasteiger partial charge in [0.05, 0.1) is 26.2 Å². The average Bonchev–Trinajstić information content (AvgIpc) is 3.26. The summed E-state index contributed by atoms with van der Waals surface area (Å²) in [6, 6.07) is 8.50. The van der Waals surface area contributed by atoms with E-state index in [4.69, 9.17) is 0 Å². The van der Waals surface area contributed by atoms with Crippen LogP contribution in [0, 0.1) is 30.6 Å². The monoisotopic (exact) mass is 975 g/mol. The summed E-state index contributed by atoms with van der Waals surface area (Å²) in [5.74, 6) is -1.80. The highest BCUT2D eigenvalue weighted by Crippen LogP contribution is 2.20. The summed E-state index contributed by atoms with van der Waals surface area (Å²) in [4.78, 5) is 90.4. The Morgan fingerprint density at radius 1 is 0.507 bits per heavy atom. The maximum absolute atomic E-state index is 12.8. The van der Waals surface area contributed by atoms with Crippen molar-refractivity contribution in [2.75, 3.05) is 105 Å². The van der Waals surface area contributed by atoms with Gasteiger partial charge in [0.15, 0.2) is 0 Å². The van der Waals surface area contributed by atoms with Gasteiger partial charge in [-0.1, -0.05) is 70.4 Å². The van der Waals surface area contributed by atoms with Crippen LogP contribution >= 0.6 is 0 Å². The van der Waals surface area contributed by atoms with Crippen LogP contribution in [0.2, 0.25) is 0 Å². The fourth-order valence-corrected chi connectivity index (χ4v) is 8.31. The van der Waals surface area contributed by atoms with Gasteiger partial charge in [-0.25, -0.2) is 0 Å². The van der Waals surface area contributed by atoms with Crippen LogP contribution in [-0.4, -0.2) is 181 Å². The summed E-state index contributed by atoms with van der Waals surface area (Å²) >= 11 is 0. The second kappa shape index (κ2) is 37.2. The van der Waals surface area contributed by atoms with Crippen molar-refractivity contribution in [3.63, 3.8) is 0 Å². The Bertz CT molecular complexity index is 1610. The number of aliphatic carboxylic acids is 3. The number of nitrogens with one attached hydrogen (secondary N) is 4. The molecule has 7 N–H and O–H groups in total. The number of rotatable bonds is 30. The van der Waals surface area contributed by atoms with Crippen molar-refractivity contribution < 1.29 is 48.9 Å². The van der Waals surface area contributed by atoms with E-state index in [1.165, 1.54) is 11.1 Å². The molecule has 1 saturated heterocycles. The Balaban J connectivity index is 0.000000758. The summed E-state index contributed by atoms with van der Waals surface area (Å²) in [7, 11) is 0. The van der Waals surface area contributed by atoms with E-state index in [-0.39, 0.29) is 61.6 Å². The van der Waals surface area contributed by atoms with Crippen molar-refractivity contribution in [3.05, 3.63) is 35.4 Å². The number of benzene rings is 1. The summed E-state index contributed by atoms with van der Waals surface area (Å²) in [6.45, 7) is 19.2. The van der Waals surface area contributed by atoms with E-state index in [1.54, 1.807) is 14.7 Å². The molecule has 18 heteroatoms. The summed E-state index contributed by atoms with van der Waals surface area (Å²) in [6.07, 6.45) is 9.25. The largest absolute Gasteiger partial charge is 0.480 e. The van der Waals surface area contributed by atoms with Gasteiger partial charge in [-0.2, -0.15) is 0 Å². The lowest BCUT2D eigenvalue weighted by Crippen LogP contribution is -2.49. The SMILES string of the molecule is CCNC(=O)[C@H](CCCCNC(=O)CCCc1ccc(C)cc1)CC(C)C.CCNC(=O)[C@H](CCCCNC(=O)CN1CCN(CC(=O)O)CCN(CC(=O)O)CCN(CC(=O)O)CC1)CC(C)C. The van der Waals surface area contributed by atoms with Crippen molar-refractivity contribution >= 4 is 41.5 Å². The smallest absolute Gasteiger partial charge is 0.317 e. The molecule has 0 aliphatic carbocycles. The topological polar surface area (TPSA) is 241 Å². The van der Waals surface area contributed by atoms with Gasteiger partial charge in [-0.3, -0.25) is 53.2 Å². The highest BCUT2D eigenvalue weighted by molar-refractivity contribution is 5.79. The molecule has 0 aromatic heterocycles. The predicted octanol–water partition coefficient (Wildman–Crippen LogP) is 3.95. The standard InChI is InChI=1S/C28H52N6O8.C23H38N2O2/c1-4-29-28(42)23(17-22(2)3)7-5-6-8-30-24(35)18-31-9-11-32(19-25(36)37)13-15-34(21-27(40)41)16-14-33(12-10-31)20-26(38)39;1-5-24-23(27)21(17-18(2)3)10-6-7-16-25-22(26)11-8-9-20-14-12-19(4)13-15-20/h22-23H,4-21H2,1-3H3,(H,29,42)(H,30,35)(H,36,37)(H,38,39)(H,40,41);12-15,18,21H,5-11,16-17H2,1-4H3,(H,24,27)(H,25,26)/t23-;21-/m11/s1. The number of hydrogen-bond donors (Lipinski definition) is 7. The third-order valence-corrected chi connectivity index (χ3v) is 11.9. The molecule has 69 heavy (non-hydrogen) atoms. The molecule has 18 nitrogen and oxygen atoms in total. The van der Waals surface area contributed by atoms with Crippen LogP contribution in [0.15, 0.2) is 24.3 Å². The lowest BCUT2D eigenvalue weighted by Gasteiger charge is -2.32. The van der Waals surface area contributed by atoms with Gasteiger partial charge in [0, 0.05) is 96.8 Å². The summed E-state index contributed by atoms with van der Waals surface area (Å²) in [5, 5.41) is 39.8. The van der Waals surface area contributed by atoms with Gasteiger partial charge in [0.2, 0.25) is 23.6 Å². The number of amides is 4. The number of carbonyl (C=O) groups excluding carboxylic acids is 4. The lowest BCUT2D eigenvalue weighted by atomic mass is 9.91.